The number of nitrogens with zero attached hydrogens (tertiary/aromatic N) is 1. The number of likely N-dealkylation sites (tertiary alicyclic amines) is 1. The molecule has 1 aliphatic rings. The highest BCUT2D eigenvalue weighted by molar-refractivity contribution is 7.92. The Kier molecular flexibility index (Phi) is 5.41. The summed E-state index contributed by atoms with van der Waals surface area (Å²) in [6, 6.07) is 12.9. The molecule has 0 bridgehead atoms. The number of hydrogen-bond donors (Lipinski definition) is 1. The molecule has 0 spiro atoms. The highest BCUT2D eigenvalue weighted by atomic mass is 32.2. The van der Waals surface area contributed by atoms with Crippen LogP contribution in [-0.2, 0) is 10.0 Å². The molecule has 2 aromatic rings. The van der Waals surface area contributed by atoms with Crippen molar-refractivity contribution in [2.45, 2.75) is 25.8 Å². The Hall–Kier alpha value is -2.54. The molecule has 1 aliphatic heterocycles. The number of methoxy groups -OCH3 is 1. The van der Waals surface area contributed by atoms with E-state index >= 15 is 0 Å². The van der Waals surface area contributed by atoms with Crippen LogP contribution in [0.5, 0.6) is 5.75 Å². The van der Waals surface area contributed by atoms with Crippen molar-refractivity contribution in [3.8, 4) is 5.75 Å². The van der Waals surface area contributed by atoms with Crippen LogP contribution >= 0.6 is 0 Å². The van der Waals surface area contributed by atoms with Gasteiger partial charge in [0.25, 0.3) is 5.91 Å². The SMILES string of the molecule is COc1cccc(C2CCCN2C(=O)c2ccc(C)c(NS(C)(=O)=O)c2)c1. The lowest BCUT2D eigenvalue weighted by Gasteiger charge is -2.26. The number of rotatable bonds is 5. The monoisotopic (exact) mass is 388 g/mol. The van der Waals surface area contributed by atoms with E-state index in [4.69, 9.17) is 4.74 Å². The molecule has 3 rings (SSSR count). The number of benzene rings is 2. The Morgan fingerprint density at radius 1 is 1.22 bits per heavy atom. The van der Waals surface area contributed by atoms with Gasteiger partial charge in [0.15, 0.2) is 0 Å². The molecule has 1 heterocycles. The number of carbonyl (C=O) groups is 1. The molecule has 0 aliphatic carbocycles. The summed E-state index contributed by atoms with van der Waals surface area (Å²) in [5.74, 6) is 0.665. The number of carbonyl (C=O) groups excluding carboxylic acids is 1. The maximum Gasteiger partial charge on any atom is 0.254 e. The molecule has 1 unspecified atom stereocenters. The van der Waals surface area contributed by atoms with Crippen molar-refractivity contribution in [1.82, 2.24) is 4.90 Å². The molecule has 1 saturated heterocycles. The van der Waals surface area contributed by atoms with E-state index in [-0.39, 0.29) is 11.9 Å². The van der Waals surface area contributed by atoms with Crippen molar-refractivity contribution in [1.29, 1.82) is 0 Å². The summed E-state index contributed by atoms with van der Waals surface area (Å²) in [7, 11) is -1.79. The van der Waals surface area contributed by atoms with Gasteiger partial charge in [0, 0.05) is 12.1 Å². The first-order valence-electron chi connectivity index (χ1n) is 8.82. The fraction of sp³-hybridized carbons (Fsp3) is 0.350. The van der Waals surface area contributed by atoms with E-state index in [2.05, 4.69) is 4.72 Å². The second kappa shape index (κ2) is 7.60. The van der Waals surface area contributed by atoms with Gasteiger partial charge in [-0.25, -0.2) is 8.42 Å². The summed E-state index contributed by atoms with van der Waals surface area (Å²) >= 11 is 0. The highest BCUT2D eigenvalue weighted by Crippen LogP contribution is 2.35. The maximum atomic E-state index is 13.1. The van der Waals surface area contributed by atoms with Crippen molar-refractivity contribution in [2.75, 3.05) is 24.6 Å². The van der Waals surface area contributed by atoms with Gasteiger partial charge in [0.05, 0.1) is 25.1 Å². The van der Waals surface area contributed by atoms with E-state index in [0.717, 1.165) is 36.0 Å². The van der Waals surface area contributed by atoms with Crippen molar-refractivity contribution in [3.05, 3.63) is 59.2 Å². The zero-order valence-electron chi connectivity index (χ0n) is 15.7. The van der Waals surface area contributed by atoms with Crippen molar-refractivity contribution >= 4 is 21.6 Å². The van der Waals surface area contributed by atoms with Crippen LogP contribution in [0.3, 0.4) is 0 Å². The Morgan fingerprint density at radius 3 is 2.70 bits per heavy atom. The number of sulfonamides is 1. The summed E-state index contributed by atoms with van der Waals surface area (Å²) in [5, 5.41) is 0. The van der Waals surface area contributed by atoms with Crippen LogP contribution in [-0.4, -0.2) is 39.1 Å². The van der Waals surface area contributed by atoms with Gasteiger partial charge in [-0.1, -0.05) is 18.2 Å². The minimum Gasteiger partial charge on any atom is -0.497 e. The normalized spacial score (nSPS) is 17.0. The van der Waals surface area contributed by atoms with E-state index in [1.54, 1.807) is 32.2 Å². The van der Waals surface area contributed by atoms with E-state index in [9.17, 15) is 13.2 Å². The van der Waals surface area contributed by atoms with Gasteiger partial charge < -0.3 is 9.64 Å². The number of anilines is 1. The molecule has 1 atom stereocenters. The zero-order valence-corrected chi connectivity index (χ0v) is 16.5. The van der Waals surface area contributed by atoms with E-state index in [0.29, 0.717) is 17.8 Å². The number of ether oxygens (including phenoxy) is 1. The van der Waals surface area contributed by atoms with Gasteiger partial charge in [0.1, 0.15) is 5.75 Å². The summed E-state index contributed by atoms with van der Waals surface area (Å²) < 4.78 is 30.9. The minimum absolute atomic E-state index is 0.0137. The third-order valence-corrected chi connectivity index (χ3v) is 5.36. The van der Waals surface area contributed by atoms with Crippen LogP contribution in [0.1, 0.15) is 40.4 Å². The smallest absolute Gasteiger partial charge is 0.254 e. The predicted octanol–water partition coefficient (Wildman–Crippen LogP) is 3.35. The lowest BCUT2D eigenvalue weighted by molar-refractivity contribution is 0.0735. The first-order chi connectivity index (χ1) is 12.8. The van der Waals surface area contributed by atoms with Gasteiger partial charge in [-0.05, 0) is 55.2 Å². The van der Waals surface area contributed by atoms with E-state index < -0.39 is 10.0 Å². The van der Waals surface area contributed by atoms with E-state index in [1.807, 2.05) is 29.2 Å². The maximum absolute atomic E-state index is 13.1. The molecule has 0 aromatic heterocycles. The molecule has 1 N–H and O–H groups in total. The molecular weight excluding hydrogens is 364 g/mol. The van der Waals surface area contributed by atoms with Crippen molar-refractivity contribution in [3.63, 3.8) is 0 Å². The topological polar surface area (TPSA) is 75.7 Å². The Labute approximate surface area is 160 Å². The van der Waals surface area contributed by atoms with Crippen LogP contribution in [0.2, 0.25) is 0 Å². The first-order valence-corrected chi connectivity index (χ1v) is 10.7. The molecule has 0 saturated carbocycles. The summed E-state index contributed by atoms with van der Waals surface area (Å²) in [6.45, 7) is 2.47. The van der Waals surface area contributed by atoms with Crippen LogP contribution in [0.15, 0.2) is 42.5 Å². The summed E-state index contributed by atoms with van der Waals surface area (Å²) in [6.07, 6.45) is 2.91. The van der Waals surface area contributed by atoms with E-state index in [1.165, 1.54) is 0 Å². The predicted molar refractivity (Wildman–Crippen MR) is 106 cm³/mol. The number of hydrogen-bond acceptors (Lipinski definition) is 4. The average Bonchev–Trinajstić information content (AvgIpc) is 3.11. The fourth-order valence-corrected chi connectivity index (χ4v) is 4.06. The van der Waals surface area contributed by atoms with Gasteiger partial charge in [-0.15, -0.1) is 0 Å². The molecule has 27 heavy (non-hydrogen) atoms. The summed E-state index contributed by atoms with van der Waals surface area (Å²) in [4.78, 5) is 15.0. The van der Waals surface area contributed by atoms with Crippen molar-refractivity contribution < 1.29 is 17.9 Å². The molecule has 2 aromatic carbocycles. The molecule has 7 heteroatoms. The van der Waals surface area contributed by atoms with Gasteiger partial charge >= 0.3 is 0 Å². The Bertz CT molecular complexity index is 956. The van der Waals surface area contributed by atoms with Crippen LogP contribution in [0, 0.1) is 6.92 Å². The number of nitrogens with one attached hydrogen (secondary N) is 1. The van der Waals surface area contributed by atoms with Gasteiger partial charge in [0.2, 0.25) is 10.0 Å². The van der Waals surface area contributed by atoms with Crippen molar-refractivity contribution in [2.24, 2.45) is 0 Å². The van der Waals surface area contributed by atoms with Crippen LogP contribution in [0.4, 0.5) is 5.69 Å². The van der Waals surface area contributed by atoms with Crippen LogP contribution in [0.25, 0.3) is 0 Å². The standard InChI is InChI=1S/C20H24N2O4S/c1-14-9-10-16(13-18(14)21-27(3,24)25)20(23)22-11-5-8-19(22)15-6-4-7-17(12-15)26-2/h4,6-7,9-10,12-13,19,21H,5,8,11H2,1-3H3. The molecular formula is C20H24N2O4S. The number of aryl methyl sites for hydroxylation is 1. The third-order valence-electron chi connectivity index (χ3n) is 4.77. The zero-order chi connectivity index (χ0) is 19.6. The molecule has 144 valence electrons. The quantitative estimate of drug-likeness (QED) is 0.852. The molecule has 6 nitrogen and oxygen atoms in total. The van der Waals surface area contributed by atoms with Gasteiger partial charge in [-0.2, -0.15) is 0 Å². The fourth-order valence-electron chi connectivity index (χ4n) is 3.44. The van der Waals surface area contributed by atoms with Crippen LogP contribution < -0.4 is 9.46 Å². The summed E-state index contributed by atoms with van der Waals surface area (Å²) in [5.41, 5.74) is 2.71. The number of amides is 1. The average molecular weight is 388 g/mol. The molecule has 1 amide bonds. The lowest BCUT2D eigenvalue weighted by Crippen LogP contribution is -2.30. The molecule has 1 fully saturated rings. The lowest BCUT2D eigenvalue weighted by atomic mass is 10.0. The first kappa shape index (κ1) is 19.2. The second-order valence-electron chi connectivity index (χ2n) is 6.84. The Balaban J connectivity index is 1.89. The largest absolute Gasteiger partial charge is 0.497 e. The molecule has 0 radical (unpaired) electrons. The van der Waals surface area contributed by atoms with Gasteiger partial charge in [-0.3, -0.25) is 9.52 Å². The second-order valence-corrected chi connectivity index (χ2v) is 8.59. The highest BCUT2D eigenvalue weighted by Gasteiger charge is 2.31. The third kappa shape index (κ3) is 4.42. The minimum atomic E-state index is -3.41. The Morgan fingerprint density at radius 2 is 2.00 bits per heavy atom.